The van der Waals surface area contributed by atoms with E-state index in [-0.39, 0.29) is 11.9 Å². The van der Waals surface area contributed by atoms with Crippen LogP contribution in [0.25, 0.3) is 10.1 Å². The molecule has 1 aromatic heterocycles. The highest BCUT2D eigenvalue weighted by Gasteiger charge is 2.23. The van der Waals surface area contributed by atoms with Gasteiger partial charge in [0.25, 0.3) is 0 Å². The average molecular weight is 429 g/mol. The zero-order chi connectivity index (χ0) is 18.1. The summed E-state index contributed by atoms with van der Waals surface area (Å²) in [5, 5.41) is 0.519. The van der Waals surface area contributed by atoms with Crippen LogP contribution in [-0.4, -0.2) is 6.10 Å². The van der Waals surface area contributed by atoms with Crippen molar-refractivity contribution in [3.8, 4) is 0 Å². The summed E-state index contributed by atoms with van der Waals surface area (Å²) >= 11 is 4.92. The van der Waals surface area contributed by atoms with Gasteiger partial charge in [0.05, 0.1) is 12.2 Å². The standard InChI is InChI=1S/C19H16BrF3OS/c1-10(2)24-15(9-11-6-7-12(21)14(23)8-11)19-18(20)17-13(22)4-3-5-16(17)25-19/h3-8,10,15H,9H2,1-2H3. The zero-order valence-corrected chi connectivity index (χ0v) is 16.1. The van der Waals surface area contributed by atoms with Crippen molar-refractivity contribution in [1.29, 1.82) is 0 Å². The molecule has 25 heavy (non-hydrogen) atoms. The summed E-state index contributed by atoms with van der Waals surface area (Å²) in [5.41, 5.74) is 0.620. The fraction of sp³-hybridized carbons (Fsp3) is 0.263. The highest BCUT2D eigenvalue weighted by Crippen LogP contribution is 2.42. The lowest BCUT2D eigenvalue weighted by molar-refractivity contribution is 0.00857. The fourth-order valence-electron chi connectivity index (χ4n) is 2.71. The quantitative estimate of drug-likeness (QED) is 0.434. The van der Waals surface area contributed by atoms with Gasteiger partial charge in [-0.3, -0.25) is 0 Å². The molecule has 0 saturated heterocycles. The Morgan fingerprint density at radius 2 is 1.80 bits per heavy atom. The third-order valence-electron chi connectivity index (χ3n) is 3.77. The number of hydrogen-bond donors (Lipinski definition) is 0. The van der Waals surface area contributed by atoms with E-state index in [1.807, 2.05) is 19.9 Å². The minimum Gasteiger partial charge on any atom is -0.370 e. The predicted octanol–water partition coefficient (Wildman–Crippen LogP) is 6.79. The van der Waals surface area contributed by atoms with Crippen LogP contribution in [0.3, 0.4) is 0 Å². The summed E-state index contributed by atoms with van der Waals surface area (Å²) < 4.78 is 48.3. The molecule has 1 atom stereocenters. The SMILES string of the molecule is CC(C)OC(Cc1ccc(F)c(F)c1)c1sc2cccc(F)c2c1Br. The van der Waals surface area contributed by atoms with Gasteiger partial charge in [-0.05, 0) is 59.6 Å². The highest BCUT2D eigenvalue weighted by molar-refractivity contribution is 9.10. The highest BCUT2D eigenvalue weighted by atomic mass is 79.9. The molecule has 3 aromatic rings. The van der Waals surface area contributed by atoms with Crippen molar-refractivity contribution in [1.82, 2.24) is 0 Å². The first-order valence-corrected chi connectivity index (χ1v) is 9.43. The Bertz CT molecular complexity index is 907. The second-order valence-electron chi connectivity index (χ2n) is 6.02. The van der Waals surface area contributed by atoms with E-state index in [9.17, 15) is 13.2 Å². The first-order valence-electron chi connectivity index (χ1n) is 7.82. The molecule has 0 fully saturated rings. The minimum atomic E-state index is -0.887. The van der Waals surface area contributed by atoms with E-state index in [4.69, 9.17) is 4.74 Å². The summed E-state index contributed by atoms with van der Waals surface area (Å²) in [4.78, 5) is 0.832. The van der Waals surface area contributed by atoms with Crippen molar-refractivity contribution in [2.24, 2.45) is 0 Å². The summed E-state index contributed by atoms with van der Waals surface area (Å²) in [6.45, 7) is 3.81. The van der Waals surface area contributed by atoms with Gasteiger partial charge in [0.2, 0.25) is 0 Å². The van der Waals surface area contributed by atoms with Crippen molar-refractivity contribution in [2.75, 3.05) is 0 Å². The molecular formula is C19H16BrF3OS. The largest absolute Gasteiger partial charge is 0.370 e. The van der Waals surface area contributed by atoms with Crippen molar-refractivity contribution < 1.29 is 17.9 Å². The smallest absolute Gasteiger partial charge is 0.159 e. The van der Waals surface area contributed by atoms with E-state index in [2.05, 4.69) is 15.9 Å². The maximum absolute atomic E-state index is 14.2. The lowest BCUT2D eigenvalue weighted by Gasteiger charge is -2.20. The van der Waals surface area contributed by atoms with Crippen LogP contribution in [0.2, 0.25) is 0 Å². The molecule has 0 spiro atoms. The maximum Gasteiger partial charge on any atom is 0.159 e. The van der Waals surface area contributed by atoms with Gasteiger partial charge in [0, 0.05) is 25.9 Å². The maximum atomic E-state index is 14.2. The van der Waals surface area contributed by atoms with E-state index in [0.717, 1.165) is 15.6 Å². The van der Waals surface area contributed by atoms with E-state index in [1.165, 1.54) is 29.5 Å². The van der Waals surface area contributed by atoms with Gasteiger partial charge in [-0.15, -0.1) is 11.3 Å². The molecule has 1 heterocycles. The number of halogens is 4. The van der Waals surface area contributed by atoms with Crippen LogP contribution in [0, 0.1) is 17.5 Å². The minimum absolute atomic E-state index is 0.0720. The van der Waals surface area contributed by atoms with Crippen LogP contribution >= 0.6 is 27.3 Å². The molecule has 0 amide bonds. The molecule has 0 aliphatic heterocycles. The van der Waals surface area contributed by atoms with Crippen molar-refractivity contribution in [3.05, 3.63) is 68.8 Å². The number of hydrogen-bond acceptors (Lipinski definition) is 2. The molecule has 3 rings (SSSR count). The fourth-order valence-corrected chi connectivity index (χ4v) is 4.89. The normalized spacial score (nSPS) is 12.9. The second-order valence-corrected chi connectivity index (χ2v) is 7.90. The van der Waals surface area contributed by atoms with Crippen LogP contribution in [-0.2, 0) is 11.2 Å². The summed E-state index contributed by atoms with van der Waals surface area (Å²) in [6.07, 6.45) is -0.101. The van der Waals surface area contributed by atoms with Crippen LogP contribution in [0.1, 0.15) is 30.4 Å². The Hall–Kier alpha value is -1.37. The van der Waals surface area contributed by atoms with E-state index in [0.29, 0.717) is 21.8 Å². The number of thiophene rings is 1. The van der Waals surface area contributed by atoms with Gasteiger partial charge in [-0.25, -0.2) is 13.2 Å². The van der Waals surface area contributed by atoms with Gasteiger partial charge < -0.3 is 4.74 Å². The summed E-state index contributed by atoms with van der Waals surface area (Å²) in [7, 11) is 0. The molecule has 2 aromatic carbocycles. The van der Waals surface area contributed by atoms with Crippen LogP contribution in [0.15, 0.2) is 40.9 Å². The molecule has 132 valence electrons. The molecule has 0 N–H and O–H groups in total. The summed E-state index contributed by atoms with van der Waals surface area (Å²) in [5.74, 6) is -2.07. The second kappa shape index (κ2) is 7.48. The Morgan fingerprint density at radius 3 is 2.44 bits per heavy atom. The lowest BCUT2D eigenvalue weighted by Crippen LogP contribution is -2.12. The molecule has 1 nitrogen and oxygen atoms in total. The Kier molecular flexibility index (Phi) is 5.51. The van der Waals surface area contributed by atoms with E-state index >= 15 is 0 Å². The van der Waals surface area contributed by atoms with Crippen molar-refractivity contribution >= 4 is 37.4 Å². The summed E-state index contributed by atoms with van der Waals surface area (Å²) in [6, 6.07) is 8.75. The van der Waals surface area contributed by atoms with Gasteiger partial charge in [-0.1, -0.05) is 12.1 Å². The topological polar surface area (TPSA) is 9.23 Å². The Labute approximate surface area is 156 Å². The van der Waals surface area contributed by atoms with Gasteiger partial charge >= 0.3 is 0 Å². The molecule has 0 aliphatic rings. The molecule has 1 unspecified atom stereocenters. The first-order chi connectivity index (χ1) is 11.9. The van der Waals surface area contributed by atoms with Crippen LogP contribution < -0.4 is 0 Å². The number of rotatable bonds is 5. The number of fused-ring (bicyclic) bond motifs is 1. The number of benzene rings is 2. The molecular weight excluding hydrogens is 413 g/mol. The third kappa shape index (κ3) is 3.91. The average Bonchev–Trinajstić information content (AvgIpc) is 2.88. The van der Waals surface area contributed by atoms with E-state index < -0.39 is 17.7 Å². The van der Waals surface area contributed by atoms with Crippen LogP contribution in [0.5, 0.6) is 0 Å². The first kappa shape index (κ1) is 18.4. The molecule has 6 heteroatoms. The molecule has 0 radical (unpaired) electrons. The molecule has 0 bridgehead atoms. The van der Waals surface area contributed by atoms with Gasteiger partial charge in [0.1, 0.15) is 5.82 Å². The Morgan fingerprint density at radius 1 is 1.04 bits per heavy atom. The van der Waals surface area contributed by atoms with Crippen molar-refractivity contribution in [3.63, 3.8) is 0 Å². The van der Waals surface area contributed by atoms with Gasteiger partial charge in [0.15, 0.2) is 11.6 Å². The Balaban J connectivity index is 2.02. The molecule has 0 aliphatic carbocycles. The number of ether oxygens (including phenoxy) is 1. The van der Waals surface area contributed by atoms with Gasteiger partial charge in [-0.2, -0.15) is 0 Å². The van der Waals surface area contributed by atoms with Crippen molar-refractivity contribution in [2.45, 2.75) is 32.5 Å². The predicted molar refractivity (Wildman–Crippen MR) is 98.5 cm³/mol. The third-order valence-corrected chi connectivity index (χ3v) is 6.10. The van der Waals surface area contributed by atoms with E-state index in [1.54, 1.807) is 6.07 Å². The lowest BCUT2D eigenvalue weighted by atomic mass is 10.1. The monoisotopic (exact) mass is 428 g/mol. The molecule has 0 saturated carbocycles. The van der Waals surface area contributed by atoms with Crippen LogP contribution in [0.4, 0.5) is 13.2 Å². The zero-order valence-electron chi connectivity index (χ0n) is 13.7.